The van der Waals surface area contributed by atoms with Gasteiger partial charge in [-0.1, -0.05) is 29.8 Å². The topological polar surface area (TPSA) is 68.3 Å². The van der Waals surface area contributed by atoms with E-state index >= 15 is 0 Å². The maximum absolute atomic E-state index is 12.1. The number of nitrogens with one attached hydrogen (secondary N) is 1. The van der Waals surface area contributed by atoms with Crippen molar-refractivity contribution in [1.29, 1.82) is 0 Å². The average Bonchev–Trinajstić information content (AvgIpc) is 3.22. The number of thiazole rings is 1. The van der Waals surface area contributed by atoms with Crippen LogP contribution in [0.3, 0.4) is 0 Å². The lowest BCUT2D eigenvalue weighted by Gasteiger charge is -2.09. The summed E-state index contributed by atoms with van der Waals surface area (Å²) in [5.41, 5.74) is 1.55. The third-order valence-electron chi connectivity index (χ3n) is 4.01. The lowest BCUT2D eigenvalue weighted by Crippen LogP contribution is -2.32. The molecule has 24 heavy (non-hydrogen) atoms. The van der Waals surface area contributed by atoms with Crippen LogP contribution in [-0.2, 0) is 20.9 Å². The monoisotopic (exact) mass is 364 g/mol. The van der Waals surface area contributed by atoms with Gasteiger partial charge in [-0.3, -0.25) is 9.59 Å². The number of rotatable bonds is 5. The van der Waals surface area contributed by atoms with E-state index in [1.54, 1.807) is 6.92 Å². The number of hydrogen-bond donors (Lipinski definition) is 1. The fourth-order valence-corrected chi connectivity index (χ4v) is 3.73. The second-order valence-corrected chi connectivity index (χ2v) is 7.00. The minimum absolute atomic E-state index is 0.0988. The first-order chi connectivity index (χ1) is 11.5. The van der Waals surface area contributed by atoms with Crippen LogP contribution in [0.5, 0.6) is 0 Å². The summed E-state index contributed by atoms with van der Waals surface area (Å²) in [7, 11) is 0. The molecule has 3 rings (SSSR count). The van der Waals surface area contributed by atoms with Crippen molar-refractivity contribution in [3.05, 3.63) is 40.4 Å². The van der Waals surface area contributed by atoms with E-state index in [1.807, 2.05) is 29.6 Å². The van der Waals surface area contributed by atoms with Crippen LogP contribution in [0.15, 0.2) is 29.6 Å². The van der Waals surface area contributed by atoms with Crippen molar-refractivity contribution < 1.29 is 14.3 Å². The Morgan fingerprint density at radius 3 is 2.92 bits per heavy atom. The van der Waals surface area contributed by atoms with Gasteiger partial charge in [-0.25, -0.2) is 4.98 Å². The molecule has 0 saturated carbocycles. The zero-order chi connectivity index (χ0) is 17.1. The van der Waals surface area contributed by atoms with Crippen LogP contribution in [0, 0.1) is 5.92 Å². The summed E-state index contributed by atoms with van der Waals surface area (Å²) < 4.78 is 5.32. The Morgan fingerprint density at radius 1 is 1.42 bits per heavy atom. The van der Waals surface area contributed by atoms with Crippen molar-refractivity contribution in [3.8, 4) is 10.6 Å². The molecule has 126 valence electrons. The van der Waals surface area contributed by atoms with E-state index in [0.29, 0.717) is 23.7 Å². The highest BCUT2D eigenvalue weighted by atomic mass is 35.5. The number of carbonyl (C=O) groups excluding carboxylic acids is 2. The standard InChI is InChI=1S/C17H17ClN2O3S/c1-10(21)11-6-15(19-7-11)17(22)23-8-12-9-24-16(20-12)13-4-2-3-5-14(13)18/h2-5,9,11,15,19H,6-8H2,1H3. The molecule has 1 fully saturated rings. The first-order valence-corrected chi connectivity index (χ1v) is 8.90. The minimum atomic E-state index is -0.416. The highest BCUT2D eigenvalue weighted by molar-refractivity contribution is 7.13. The highest BCUT2D eigenvalue weighted by Gasteiger charge is 2.32. The smallest absolute Gasteiger partial charge is 0.323 e. The normalized spacial score (nSPS) is 20.1. The molecule has 0 radical (unpaired) electrons. The maximum atomic E-state index is 12.1. The van der Waals surface area contributed by atoms with Crippen molar-refractivity contribution in [1.82, 2.24) is 10.3 Å². The lowest BCUT2D eigenvalue weighted by atomic mass is 10.0. The number of carbonyl (C=O) groups is 2. The lowest BCUT2D eigenvalue weighted by molar-refractivity contribution is -0.147. The minimum Gasteiger partial charge on any atom is -0.458 e. The molecule has 0 bridgehead atoms. The van der Waals surface area contributed by atoms with Gasteiger partial charge in [0, 0.05) is 23.4 Å². The Labute approximate surface area is 149 Å². The predicted octanol–water partition coefficient (Wildman–Crippen LogP) is 3.07. The number of Topliss-reactive ketones (excluding diaryl/α,β-unsaturated/α-hetero) is 1. The first kappa shape index (κ1) is 17.1. The molecule has 1 saturated heterocycles. The van der Waals surface area contributed by atoms with Gasteiger partial charge in [0.2, 0.25) is 0 Å². The van der Waals surface area contributed by atoms with Crippen molar-refractivity contribution in [2.75, 3.05) is 6.54 Å². The molecule has 5 nitrogen and oxygen atoms in total. The summed E-state index contributed by atoms with van der Waals surface area (Å²) in [5.74, 6) is -0.346. The van der Waals surface area contributed by atoms with E-state index in [4.69, 9.17) is 16.3 Å². The highest BCUT2D eigenvalue weighted by Crippen LogP contribution is 2.30. The molecule has 1 aliphatic heterocycles. The summed E-state index contributed by atoms with van der Waals surface area (Å²) in [6.45, 7) is 2.19. The van der Waals surface area contributed by atoms with E-state index < -0.39 is 6.04 Å². The number of ether oxygens (including phenoxy) is 1. The number of benzene rings is 1. The van der Waals surface area contributed by atoms with Gasteiger partial charge in [0.25, 0.3) is 0 Å². The number of hydrogen-bond acceptors (Lipinski definition) is 6. The van der Waals surface area contributed by atoms with Gasteiger partial charge in [-0.15, -0.1) is 11.3 Å². The zero-order valence-corrected chi connectivity index (χ0v) is 14.7. The molecule has 2 heterocycles. The Bertz CT molecular complexity index is 762. The second-order valence-electron chi connectivity index (χ2n) is 5.74. The zero-order valence-electron chi connectivity index (χ0n) is 13.1. The van der Waals surface area contributed by atoms with E-state index in [2.05, 4.69) is 10.3 Å². The summed E-state index contributed by atoms with van der Waals surface area (Å²) >= 11 is 7.62. The van der Waals surface area contributed by atoms with Gasteiger partial charge in [0.05, 0.1) is 10.7 Å². The fraction of sp³-hybridized carbons (Fsp3) is 0.353. The van der Waals surface area contributed by atoms with Gasteiger partial charge >= 0.3 is 5.97 Å². The van der Waals surface area contributed by atoms with Gasteiger partial charge in [0.15, 0.2) is 0 Å². The first-order valence-electron chi connectivity index (χ1n) is 7.64. The summed E-state index contributed by atoms with van der Waals surface area (Å²) in [5, 5.41) is 6.32. The molecule has 1 N–H and O–H groups in total. The summed E-state index contributed by atoms with van der Waals surface area (Å²) in [6, 6.07) is 7.07. The SMILES string of the molecule is CC(=O)C1CNC(C(=O)OCc2csc(-c3ccccc3Cl)n2)C1. The van der Waals surface area contributed by atoms with Gasteiger partial charge in [-0.05, 0) is 19.4 Å². The average molecular weight is 365 g/mol. The molecule has 0 amide bonds. The third-order valence-corrected chi connectivity index (χ3v) is 5.26. The van der Waals surface area contributed by atoms with Gasteiger partial charge < -0.3 is 10.1 Å². The second kappa shape index (κ2) is 7.42. The van der Waals surface area contributed by atoms with Crippen LogP contribution in [0.25, 0.3) is 10.6 Å². The molecular formula is C17H17ClN2O3S. The number of halogens is 1. The van der Waals surface area contributed by atoms with E-state index in [-0.39, 0.29) is 24.3 Å². The maximum Gasteiger partial charge on any atom is 0.323 e. The van der Waals surface area contributed by atoms with Gasteiger partial charge in [0.1, 0.15) is 23.4 Å². The Kier molecular flexibility index (Phi) is 5.28. The molecule has 1 aromatic heterocycles. The van der Waals surface area contributed by atoms with E-state index in [1.165, 1.54) is 11.3 Å². The molecule has 2 unspecified atom stereocenters. The van der Waals surface area contributed by atoms with Crippen LogP contribution < -0.4 is 5.32 Å². The quantitative estimate of drug-likeness (QED) is 0.826. The van der Waals surface area contributed by atoms with Crippen LogP contribution in [0.1, 0.15) is 19.0 Å². The predicted molar refractivity (Wildman–Crippen MR) is 92.9 cm³/mol. The van der Waals surface area contributed by atoms with Crippen molar-refractivity contribution >= 4 is 34.7 Å². The Hall–Kier alpha value is -1.76. The van der Waals surface area contributed by atoms with E-state index in [0.717, 1.165) is 10.6 Å². The third kappa shape index (κ3) is 3.83. The summed E-state index contributed by atoms with van der Waals surface area (Å²) in [6.07, 6.45) is 0.496. The van der Waals surface area contributed by atoms with Crippen molar-refractivity contribution in [2.45, 2.75) is 26.0 Å². The van der Waals surface area contributed by atoms with E-state index in [9.17, 15) is 9.59 Å². The Balaban J connectivity index is 1.57. The molecule has 1 aliphatic rings. The molecular weight excluding hydrogens is 348 g/mol. The number of aromatic nitrogens is 1. The largest absolute Gasteiger partial charge is 0.458 e. The molecule has 0 aliphatic carbocycles. The molecule has 7 heteroatoms. The number of esters is 1. The van der Waals surface area contributed by atoms with Crippen LogP contribution in [0.2, 0.25) is 5.02 Å². The van der Waals surface area contributed by atoms with Crippen LogP contribution >= 0.6 is 22.9 Å². The van der Waals surface area contributed by atoms with Crippen molar-refractivity contribution in [2.24, 2.45) is 5.92 Å². The number of nitrogens with zero attached hydrogens (tertiary/aromatic N) is 1. The van der Waals surface area contributed by atoms with Crippen molar-refractivity contribution in [3.63, 3.8) is 0 Å². The van der Waals surface area contributed by atoms with Gasteiger partial charge in [-0.2, -0.15) is 0 Å². The molecule has 0 spiro atoms. The molecule has 1 aromatic carbocycles. The van der Waals surface area contributed by atoms with Crippen LogP contribution in [-0.4, -0.2) is 29.3 Å². The fourth-order valence-electron chi connectivity index (χ4n) is 2.60. The number of ketones is 1. The summed E-state index contributed by atoms with van der Waals surface area (Å²) in [4.78, 5) is 27.9. The molecule has 2 aromatic rings. The Morgan fingerprint density at radius 2 is 2.21 bits per heavy atom. The molecule has 2 atom stereocenters. The van der Waals surface area contributed by atoms with Crippen LogP contribution in [0.4, 0.5) is 0 Å².